The largest absolute Gasteiger partial charge is 0.422 e. The van der Waals surface area contributed by atoms with Gasteiger partial charge in [0.1, 0.15) is 5.58 Å². The van der Waals surface area contributed by atoms with Gasteiger partial charge in [-0.25, -0.2) is 4.79 Å². The van der Waals surface area contributed by atoms with Crippen LogP contribution in [0.25, 0.3) is 11.0 Å². The molecule has 23 heavy (non-hydrogen) atoms. The van der Waals surface area contributed by atoms with Crippen LogP contribution in [0.1, 0.15) is 12.5 Å². The first kappa shape index (κ1) is 15.6. The van der Waals surface area contributed by atoms with Crippen molar-refractivity contribution in [2.45, 2.75) is 6.92 Å². The van der Waals surface area contributed by atoms with Crippen molar-refractivity contribution >= 4 is 45.6 Å². The quantitative estimate of drug-likeness (QED) is 0.415. The molecule has 3 aromatic rings. The van der Waals surface area contributed by atoms with E-state index in [1.165, 1.54) is 0 Å². The Labute approximate surface area is 142 Å². The number of hydrogen-bond acceptors (Lipinski definition) is 4. The van der Waals surface area contributed by atoms with Gasteiger partial charge in [-0.3, -0.25) is 5.43 Å². The molecule has 0 bridgehead atoms. The maximum atomic E-state index is 12.1. The standard InChI is InChI=1S/C17H12Cl2N2O2/c1-10(20-21-14-5-2-12(18)3-6-14)15-9-11-8-13(19)4-7-16(11)23-17(15)22/h2-9,21H,1H3/b20-10+. The summed E-state index contributed by atoms with van der Waals surface area (Å²) in [6.45, 7) is 1.73. The van der Waals surface area contributed by atoms with Crippen LogP contribution in [0.15, 0.2) is 62.8 Å². The van der Waals surface area contributed by atoms with Crippen molar-refractivity contribution in [3.05, 3.63) is 74.6 Å². The normalized spacial score (nSPS) is 11.7. The van der Waals surface area contributed by atoms with Crippen LogP contribution in [0.2, 0.25) is 10.0 Å². The van der Waals surface area contributed by atoms with E-state index in [4.69, 9.17) is 27.6 Å². The highest BCUT2D eigenvalue weighted by molar-refractivity contribution is 6.31. The highest BCUT2D eigenvalue weighted by Crippen LogP contribution is 2.19. The molecule has 0 radical (unpaired) electrons. The fourth-order valence-electron chi connectivity index (χ4n) is 2.08. The molecule has 0 amide bonds. The van der Waals surface area contributed by atoms with Crippen molar-refractivity contribution in [3.63, 3.8) is 0 Å². The molecule has 0 atom stereocenters. The first-order valence-corrected chi connectivity index (χ1v) is 7.58. The Morgan fingerprint density at radius 3 is 2.48 bits per heavy atom. The third-order valence-electron chi connectivity index (χ3n) is 3.28. The van der Waals surface area contributed by atoms with Gasteiger partial charge in [0.05, 0.1) is 17.0 Å². The van der Waals surface area contributed by atoms with Gasteiger partial charge < -0.3 is 4.42 Å². The third kappa shape index (κ3) is 3.55. The van der Waals surface area contributed by atoms with Gasteiger partial charge in [0.15, 0.2) is 0 Å². The molecule has 1 N–H and O–H groups in total. The van der Waals surface area contributed by atoms with E-state index in [2.05, 4.69) is 10.5 Å². The predicted octanol–water partition coefficient (Wildman–Crippen LogP) is 4.94. The van der Waals surface area contributed by atoms with Gasteiger partial charge in [-0.2, -0.15) is 5.10 Å². The van der Waals surface area contributed by atoms with Crippen molar-refractivity contribution in [2.75, 3.05) is 5.43 Å². The van der Waals surface area contributed by atoms with E-state index in [1.807, 2.05) is 0 Å². The molecule has 0 aliphatic carbocycles. The van der Waals surface area contributed by atoms with Gasteiger partial charge in [-0.1, -0.05) is 23.2 Å². The van der Waals surface area contributed by atoms with Crippen LogP contribution in [0.4, 0.5) is 5.69 Å². The Bertz CT molecular complexity index is 947. The number of nitrogens with one attached hydrogen (secondary N) is 1. The summed E-state index contributed by atoms with van der Waals surface area (Å²) in [5, 5.41) is 6.18. The monoisotopic (exact) mass is 346 g/mol. The van der Waals surface area contributed by atoms with Gasteiger partial charge in [0.25, 0.3) is 0 Å². The third-order valence-corrected chi connectivity index (χ3v) is 3.77. The summed E-state index contributed by atoms with van der Waals surface area (Å²) in [5.74, 6) is 0. The highest BCUT2D eigenvalue weighted by atomic mass is 35.5. The molecule has 3 rings (SSSR count). The first-order chi connectivity index (χ1) is 11.0. The SMILES string of the molecule is C/C(=N\Nc1ccc(Cl)cc1)c1cc2cc(Cl)ccc2oc1=O. The van der Waals surface area contributed by atoms with E-state index in [1.54, 1.807) is 55.5 Å². The molecule has 0 saturated carbocycles. The summed E-state index contributed by atoms with van der Waals surface area (Å²) in [4.78, 5) is 12.1. The Kier molecular flexibility index (Phi) is 4.37. The molecule has 0 aliphatic heterocycles. The van der Waals surface area contributed by atoms with Gasteiger partial charge in [0.2, 0.25) is 0 Å². The number of benzene rings is 2. The number of rotatable bonds is 3. The summed E-state index contributed by atoms with van der Waals surface area (Å²) in [6.07, 6.45) is 0. The second-order valence-corrected chi connectivity index (χ2v) is 5.82. The number of nitrogens with zero attached hydrogens (tertiary/aromatic N) is 1. The fourth-order valence-corrected chi connectivity index (χ4v) is 2.39. The molecule has 1 heterocycles. The minimum atomic E-state index is -0.445. The molecule has 0 spiro atoms. The second-order valence-electron chi connectivity index (χ2n) is 4.95. The Morgan fingerprint density at radius 2 is 1.74 bits per heavy atom. The first-order valence-electron chi connectivity index (χ1n) is 6.82. The van der Waals surface area contributed by atoms with Crippen molar-refractivity contribution in [1.82, 2.24) is 0 Å². The zero-order valence-electron chi connectivity index (χ0n) is 12.1. The predicted molar refractivity (Wildman–Crippen MR) is 94.8 cm³/mol. The average molecular weight is 347 g/mol. The molecule has 0 fully saturated rings. The summed E-state index contributed by atoms with van der Waals surface area (Å²) in [7, 11) is 0. The zero-order chi connectivity index (χ0) is 16.4. The molecule has 0 aliphatic rings. The van der Waals surface area contributed by atoms with Crippen molar-refractivity contribution < 1.29 is 4.42 Å². The van der Waals surface area contributed by atoms with Crippen LogP contribution >= 0.6 is 23.2 Å². The van der Waals surface area contributed by atoms with Gasteiger partial charge >= 0.3 is 5.63 Å². The van der Waals surface area contributed by atoms with Crippen LogP contribution in [-0.4, -0.2) is 5.71 Å². The Hall–Kier alpha value is -2.30. The molecule has 2 aromatic carbocycles. The maximum absolute atomic E-state index is 12.1. The summed E-state index contributed by atoms with van der Waals surface area (Å²) in [6, 6.07) is 13.9. The summed E-state index contributed by atoms with van der Waals surface area (Å²) >= 11 is 11.8. The van der Waals surface area contributed by atoms with E-state index < -0.39 is 5.63 Å². The molecular formula is C17H12Cl2N2O2. The van der Waals surface area contributed by atoms with Crippen LogP contribution in [0, 0.1) is 0 Å². The lowest BCUT2D eigenvalue weighted by Crippen LogP contribution is -2.13. The van der Waals surface area contributed by atoms with Crippen LogP contribution in [0.3, 0.4) is 0 Å². The summed E-state index contributed by atoms with van der Waals surface area (Å²) < 4.78 is 5.30. The molecule has 0 unspecified atom stereocenters. The minimum Gasteiger partial charge on any atom is -0.422 e. The lowest BCUT2D eigenvalue weighted by atomic mass is 10.1. The molecule has 0 saturated heterocycles. The number of hydrazone groups is 1. The van der Waals surface area contributed by atoms with Gasteiger partial charge in [0, 0.05) is 15.4 Å². The van der Waals surface area contributed by atoms with Crippen molar-refractivity contribution in [3.8, 4) is 0 Å². The zero-order valence-corrected chi connectivity index (χ0v) is 13.7. The molecule has 116 valence electrons. The molecule has 6 heteroatoms. The highest BCUT2D eigenvalue weighted by Gasteiger charge is 2.09. The van der Waals surface area contributed by atoms with E-state index >= 15 is 0 Å². The minimum absolute atomic E-state index is 0.376. The fraction of sp³-hybridized carbons (Fsp3) is 0.0588. The lowest BCUT2D eigenvalue weighted by Gasteiger charge is -2.04. The number of hydrogen-bond donors (Lipinski definition) is 1. The number of fused-ring (bicyclic) bond motifs is 1. The van der Waals surface area contributed by atoms with E-state index in [9.17, 15) is 4.79 Å². The van der Waals surface area contributed by atoms with Crippen LogP contribution in [0.5, 0.6) is 0 Å². The van der Waals surface area contributed by atoms with Crippen LogP contribution in [-0.2, 0) is 0 Å². The van der Waals surface area contributed by atoms with Gasteiger partial charge in [-0.05, 0) is 55.5 Å². The molecule has 4 nitrogen and oxygen atoms in total. The van der Waals surface area contributed by atoms with E-state index in [0.29, 0.717) is 26.9 Å². The lowest BCUT2D eigenvalue weighted by molar-refractivity contribution is 0.559. The Balaban J connectivity index is 1.94. The number of halogens is 2. The van der Waals surface area contributed by atoms with Crippen molar-refractivity contribution in [1.29, 1.82) is 0 Å². The average Bonchev–Trinajstić information content (AvgIpc) is 2.54. The number of anilines is 1. The van der Waals surface area contributed by atoms with Gasteiger partial charge in [-0.15, -0.1) is 0 Å². The van der Waals surface area contributed by atoms with Crippen LogP contribution < -0.4 is 11.1 Å². The molecule has 1 aromatic heterocycles. The van der Waals surface area contributed by atoms with E-state index in [-0.39, 0.29) is 0 Å². The Morgan fingerprint density at radius 1 is 1.04 bits per heavy atom. The summed E-state index contributed by atoms with van der Waals surface area (Å²) in [5.41, 5.74) is 4.57. The smallest absolute Gasteiger partial charge is 0.345 e. The van der Waals surface area contributed by atoms with Crippen molar-refractivity contribution in [2.24, 2.45) is 5.10 Å². The topological polar surface area (TPSA) is 54.6 Å². The molecular weight excluding hydrogens is 335 g/mol. The van der Waals surface area contributed by atoms with E-state index in [0.717, 1.165) is 11.1 Å². The maximum Gasteiger partial charge on any atom is 0.345 e. The second kappa shape index (κ2) is 6.44.